The van der Waals surface area contributed by atoms with Crippen molar-refractivity contribution < 1.29 is 0 Å². The zero-order chi connectivity index (χ0) is 15.2. The fraction of sp³-hybridized carbons (Fsp3) is 0.667. The lowest BCUT2D eigenvalue weighted by molar-refractivity contribution is 0.112. The van der Waals surface area contributed by atoms with Crippen molar-refractivity contribution in [3.8, 4) is 0 Å². The summed E-state index contributed by atoms with van der Waals surface area (Å²) in [4.78, 5) is 2.70. The summed E-state index contributed by atoms with van der Waals surface area (Å²) in [6.45, 7) is 10.4. The second-order valence-electron chi connectivity index (χ2n) is 6.52. The molecule has 1 aromatic carbocycles. The average molecular weight is 307 g/mol. The van der Waals surface area contributed by atoms with E-state index < -0.39 is 0 Å². The molecule has 2 nitrogen and oxygen atoms in total. The van der Waals surface area contributed by atoms with Gasteiger partial charge in [0.05, 0.1) is 0 Å². The lowest BCUT2D eigenvalue weighted by Crippen LogP contribution is -2.54. The standard InChI is InChI=1S/C18H30N2S/c1-14(2)17-13-20(11-10-15(3)21-4)18(12-19-17)16-8-6-5-7-9-16/h5-9,14-15,17-19H,10-13H2,1-4H3. The fourth-order valence-corrected chi connectivity index (χ4v) is 3.34. The minimum Gasteiger partial charge on any atom is -0.311 e. The topological polar surface area (TPSA) is 15.3 Å². The summed E-state index contributed by atoms with van der Waals surface area (Å²) in [7, 11) is 0. The normalized spacial score (nSPS) is 25.2. The van der Waals surface area contributed by atoms with Crippen molar-refractivity contribution in [2.24, 2.45) is 5.92 Å². The lowest BCUT2D eigenvalue weighted by Gasteiger charge is -2.42. The van der Waals surface area contributed by atoms with Crippen molar-refractivity contribution in [3.63, 3.8) is 0 Å². The largest absolute Gasteiger partial charge is 0.311 e. The second kappa shape index (κ2) is 8.21. The van der Waals surface area contributed by atoms with E-state index in [0.29, 0.717) is 18.0 Å². The molecule has 1 fully saturated rings. The van der Waals surface area contributed by atoms with Gasteiger partial charge in [-0.15, -0.1) is 0 Å². The minimum absolute atomic E-state index is 0.523. The Labute approximate surface area is 134 Å². The maximum absolute atomic E-state index is 3.75. The number of thioether (sulfide) groups is 1. The molecule has 0 aliphatic carbocycles. The molecule has 118 valence electrons. The molecule has 1 aliphatic rings. The Morgan fingerprint density at radius 3 is 2.57 bits per heavy atom. The van der Waals surface area contributed by atoms with Crippen molar-refractivity contribution in [2.75, 3.05) is 25.9 Å². The van der Waals surface area contributed by atoms with Crippen LogP contribution >= 0.6 is 11.8 Å². The zero-order valence-corrected chi connectivity index (χ0v) is 14.7. The van der Waals surface area contributed by atoms with Gasteiger partial charge in [0, 0.05) is 30.4 Å². The first-order valence-corrected chi connectivity index (χ1v) is 9.45. The van der Waals surface area contributed by atoms with E-state index in [1.54, 1.807) is 0 Å². The highest BCUT2D eigenvalue weighted by Gasteiger charge is 2.30. The summed E-state index contributed by atoms with van der Waals surface area (Å²) in [5.41, 5.74) is 1.45. The first-order chi connectivity index (χ1) is 10.1. The average Bonchev–Trinajstić information content (AvgIpc) is 2.53. The predicted molar refractivity (Wildman–Crippen MR) is 95.0 cm³/mol. The molecule has 0 spiro atoms. The molecule has 0 amide bonds. The van der Waals surface area contributed by atoms with Gasteiger partial charge in [-0.25, -0.2) is 0 Å². The third kappa shape index (κ3) is 4.73. The molecule has 0 radical (unpaired) electrons. The Balaban J connectivity index is 2.06. The van der Waals surface area contributed by atoms with E-state index in [0.717, 1.165) is 11.8 Å². The Morgan fingerprint density at radius 2 is 1.95 bits per heavy atom. The monoisotopic (exact) mass is 306 g/mol. The van der Waals surface area contributed by atoms with Gasteiger partial charge in [-0.05, 0) is 30.7 Å². The number of rotatable bonds is 6. The van der Waals surface area contributed by atoms with Crippen LogP contribution in [0.4, 0.5) is 0 Å². The number of nitrogens with one attached hydrogen (secondary N) is 1. The van der Waals surface area contributed by atoms with Gasteiger partial charge in [0.2, 0.25) is 0 Å². The molecular weight excluding hydrogens is 276 g/mol. The van der Waals surface area contributed by atoms with Gasteiger partial charge in [0.25, 0.3) is 0 Å². The summed E-state index contributed by atoms with van der Waals surface area (Å²) in [5.74, 6) is 0.696. The maximum atomic E-state index is 3.75. The highest BCUT2D eigenvalue weighted by Crippen LogP contribution is 2.26. The molecular formula is C18H30N2S. The van der Waals surface area contributed by atoms with E-state index in [2.05, 4.69) is 67.6 Å². The molecule has 1 aliphatic heterocycles. The Kier molecular flexibility index (Phi) is 6.59. The van der Waals surface area contributed by atoms with Crippen LogP contribution in [0.5, 0.6) is 0 Å². The molecule has 1 N–H and O–H groups in total. The number of hydrogen-bond acceptors (Lipinski definition) is 3. The first-order valence-electron chi connectivity index (χ1n) is 8.17. The summed E-state index contributed by atoms with van der Waals surface area (Å²) in [5, 5.41) is 4.50. The zero-order valence-electron chi connectivity index (χ0n) is 13.9. The third-order valence-electron chi connectivity index (χ3n) is 4.66. The van der Waals surface area contributed by atoms with E-state index in [1.165, 1.54) is 25.1 Å². The van der Waals surface area contributed by atoms with Gasteiger partial charge < -0.3 is 5.32 Å². The van der Waals surface area contributed by atoms with Crippen LogP contribution in [0, 0.1) is 5.92 Å². The number of nitrogens with zero attached hydrogens (tertiary/aromatic N) is 1. The van der Waals surface area contributed by atoms with E-state index in [1.807, 2.05) is 11.8 Å². The van der Waals surface area contributed by atoms with Crippen molar-refractivity contribution in [1.82, 2.24) is 10.2 Å². The van der Waals surface area contributed by atoms with Gasteiger partial charge in [0.1, 0.15) is 0 Å². The van der Waals surface area contributed by atoms with E-state index in [4.69, 9.17) is 0 Å². The van der Waals surface area contributed by atoms with Crippen molar-refractivity contribution in [3.05, 3.63) is 35.9 Å². The Morgan fingerprint density at radius 1 is 1.24 bits per heavy atom. The van der Waals surface area contributed by atoms with Crippen LogP contribution in [0.1, 0.15) is 38.8 Å². The van der Waals surface area contributed by atoms with E-state index >= 15 is 0 Å². The van der Waals surface area contributed by atoms with Crippen molar-refractivity contribution in [2.45, 2.75) is 44.5 Å². The van der Waals surface area contributed by atoms with Crippen LogP contribution in [0.2, 0.25) is 0 Å². The molecule has 3 atom stereocenters. The highest BCUT2D eigenvalue weighted by atomic mass is 32.2. The highest BCUT2D eigenvalue weighted by molar-refractivity contribution is 7.99. The van der Waals surface area contributed by atoms with Gasteiger partial charge in [-0.1, -0.05) is 51.1 Å². The van der Waals surface area contributed by atoms with Crippen molar-refractivity contribution >= 4 is 11.8 Å². The number of piperazine rings is 1. The summed E-state index contributed by atoms with van der Waals surface area (Å²) in [6, 6.07) is 12.1. The van der Waals surface area contributed by atoms with Crippen LogP contribution < -0.4 is 5.32 Å². The number of hydrogen-bond donors (Lipinski definition) is 1. The molecule has 1 saturated heterocycles. The van der Waals surface area contributed by atoms with Gasteiger partial charge in [0.15, 0.2) is 0 Å². The van der Waals surface area contributed by atoms with Crippen LogP contribution in [0.3, 0.4) is 0 Å². The number of benzene rings is 1. The molecule has 21 heavy (non-hydrogen) atoms. The molecule has 1 heterocycles. The molecule has 0 aromatic heterocycles. The SMILES string of the molecule is CSC(C)CCN1CC(C(C)C)NCC1c1ccccc1. The lowest BCUT2D eigenvalue weighted by atomic mass is 9.95. The molecule has 3 heteroatoms. The first kappa shape index (κ1) is 16.9. The molecule has 0 saturated carbocycles. The van der Waals surface area contributed by atoms with E-state index in [-0.39, 0.29) is 0 Å². The maximum Gasteiger partial charge on any atom is 0.0473 e. The Bertz CT molecular complexity index is 407. The second-order valence-corrected chi connectivity index (χ2v) is 7.79. The predicted octanol–water partition coefficient (Wildman–Crippen LogP) is 3.80. The van der Waals surface area contributed by atoms with Crippen LogP contribution in [-0.2, 0) is 0 Å². The quantitative estimate of drug-likeness (QED) is 0.860. The van der Waals surface area contributed by atoms with Crippen molar-refractivity contribution in [1.29, 1.82) is 0 Å². The Hall–Kier alpha value is -0.510. The van der Waals surface area contributed by atoms with Crippen LogP contribution in [-0.4, -0.2) is 42.1 Å². The molecule has 2 rings (SSSR count). The van der Waals surface area contributed by atoms with Crippen LogP contribution in [0.15, 0.2) is 30.3 Å². The van der Waals surface area contributed by atoms with Gasteiger partial charge in [-0.3, -0.25) is 4.90 Å². The van der Waals surface area contributed by atoms with Gasteiger partial charge in [-0.2, -0.15) is 11.8 Å². The van der Waals surface area contributed by atoms with Crippen LogP contribution in [0.25, 0.3) is 0 Å². The fourth-order valence-electron chi connectivity index (χ4n) is 3.00. The molecule has 0 bridgehead atoms. The third-order valence-corrected chi connectivity index (χ3v) is 5.70. The summed E-state index contributed by atoms with van der Waals surface area (Å²) >= 11 is 1.98. The summed E-state index contributed by atoms with van der Waals surface area (Å²) in [6.07, 6.45) is 3.49. The molecule has 3 unspecified atom stereocenters. The molecule has 1 aromatic rings. The van der Waals surface area contributed by atoms with Gasteiger partial charge >= 0.3 is 0 Å². The summed E-state index contributed by atoms with van der Waals surface area (Å²) < 4.78 is 0. The van der Waals surface area contributed by atoms with E-state index in [9.17, 15) is 0 Å². The minimum atomic E-state index is 0.523. The smallest absolute Gasteiger partial charge is 0.0473 e.